The Morgan fingerprint density at radius 3 is 2.42 bits per heavy atom. The van der Waals surface area contributed by atoms with Gasteiger partial charge in [0, 0.05) is 41.8 Å². The first kappa shape index (κ1) is 21.7. The van der Waals surface area contributed by atoms with Gasteiger partial charge >= 0.3 is 0 Å². The van der Waals surface area contributed by atoms with Crippen LogP contribution in [0.1, 0.15) is 27.4 Å². The van der Waals surface area contributed by atoms with Crippen molar-refractivity contribution in [2.75, 3.05) is 31.1 Å². The van der Waals surface area contributed by atoms with E-state index in [2.05, 4.69) is 36.9 Å². The molecule has 2 aromatic carbocycles. The second kappa shape index (κ2) is 9.28. The Hall–Kier alpha value is -2.57. The molecule has 1 aliphatic rings. The van der Waals surface area contributed by atoms with Crippen LogP contribution < -0.4 is 4.90 Å². The summed E-state index contributed by atoms with van der Waals surface area (Å²) in [4.78, 5) is 17.7. The average Bonchev–Trinajstić information content (AvgIpc) is 3.24. The number of hydrogen-bond acceptors (Lipinski definition) is 4. The van der Waals surface area contributed by atoms with Crippen LogP contribution in [0, 0.1) is 13.8 Å². The van der Waals surface area contributed by atoms with Crippen LogP contribution in [-0.4, -0.2) is 41.2 Å². The Balaban J connectivity index is 1.36. The van der Waals surface area contributed by atoms with Gasteiger partial charge in [-0.25, -0.2) is 0 Å². The van der Waals surface area contributed by atoms with Gasteiger partial charge in [-0.05, 0) is 67.4 Å². The number of furan rings is 1. The van der Waals surface area contributed by atoms with E-state index in [9.17, 15) is 9.00 Å². The number of halogens is 1. The van der Waals surface area contributed by atoms with Crippen molar-refractivity contribution < 1.29 is 13.4 Å². The molecule has 1 aromatic heterocycles. The first-order valence-corrected chi connectivity index (χ1v) is 11.9. The van der Waals surface area contributed by atoms with Gasteiger partial charge in [0.25, 0.3) is 5.91 Å². The Bertz CT molecular complexity index is 1100. The average molecular weight is 457 g/mol. The number of benzene rings is 2. The van der Waals surface area contributed by atoms with E-state index < -0.39 is 10.8 Å². The van der Waals surface area contributed by atoms with Crippen molar-refractivity contribution in [2.24, 2.45) is 0 Å². The van der Waals surface area contributed by atoms with Gasteiger partial charge in [0.1, 0.15) is 5.76 Å². The lowest BCUT2D eigenvalue weighted by molar-refractivity contribution is 0.0713. The molecule has 3 aromatic rings. The monoisotopic (exact) mass is 456 g/mol. The molecule has 0 bridgehead atoms. The number of aryl methyl sites for hydroxylation is 1. The standard InChI is InChI=1S/C24H25ClN2O3S/c1-17-4-3-5-22(18(17)2)26-12-14-27(15-13-26)24(28)23-11-8-20(30-23)16-31(29)21-9-6-19(25)7-10-21/h3-11H,12-16H2,1-2H3/t31-/m0/s1. The lowest BCUT2D eigenvalue weighted by Gasteiger charge is -2.36. The fourth-order valence-corrected chi connectivity index (χ4v) is 4.90. The normalized spacial score (nSPS) is 15.2. The zero-order valence-electron chi connectivity index (χ0n) is 17.6. The first-order valence-electron chi connectivity index (χ1n) is 10.3. The third kappa shape index (κ3) is 4.86. The van der Waals surface area contributed by atoms with E-state index in [4.69, 9.17) is 16.0 Å². The molecule has 1 atom stereocenters. The van der Waals surface area contributed by atoms with Crippen molar-refractivity contribution in [3.63, 3.8) is 0 Å². The van der Waals surface area contributed by atoms with Crippen molar-refractivity contribution in [1.29, 1.82) is 0 Å². The highest BCUT2D eigenvalue weighted by Gasteiger charge is 2.25. The summed E-state index contributed by atoms with van der Waals surface area (Å²) in [6.07, 6.45) is 0. The molecule has 0 unspecified atom stereocenters. The molecule has 2 heterocycles. The largest absolute Gasteiger partial charge is 0.455 e. The highest BCUT2D eigenvalue weighted by Crippen LogP contribution is 2.24. The number of nitrogens with zero attached hydrogens (tertiary/aromatic N) is 2. The molecule has 1 fully saturated rings. The highest BCUT2D eigenvalue weighted by atomic mass is 35.5. The van der Waals surface area contributed by atoms with Gasteiger partial charge < -0.3 is 14.2 Å². The summed E-state index contributed by atoms with van der Waals surface area (Å²) in [5.74, 6) is 0.924. The summed E-state index contributed by atoms with van der Waals surface area (Å²) in [5, 5.41) is 0.601. The van der Waals surface area contributed by atoms with Gasteiger partial charge in [0.05, 0.1) is 16.6 Å². The Morgan fingerprint density at radius 2 is 1.71 bits per heavy atom. The summed E-state index contributed by atoms with van der Waals surface area (Å²) >= 11 is 5.88. The number of rotatable bonds is 5. The zero-order chi connectivity index (χ0) is 22.0. The lowest BCUT2D eigenvalue weighted by Crippen LogP contribution is -2.49. The van der Waals surface area contributed by atoms with Crippen LogP contribution in [-0.2, 0) is 16.6 Å². The molecular weight excluding hydrogens is 432 g/mol. The number of carbonyl (C=O) groups excluding carboxylic acids is 1. The van der Waals surface area contributed by atoms with E-state index >= 15 is 0 Å². The van der Waals surface area contributed by atoms with Gasteiger partial charge in [0.15, 0.2) is 5.76 Å². The molecule has 162 valence electrons. The number of carbonyl (C=O) groups is 1. The van der Waals surface area contributed by atoms with Crippen molar-refractivity contribution in [3.05, 3.63) is 82.3 Å². The topological polar surface area (TPSA) is 53.8 Å². The second-order valence-electron chi connectivity index (χ2n) is 7.71. The van der Waals surface area contributed by atoms with Crippen LogP contribution in [0.5, 0.6) is 0 Å². The van der Waals surface area contributed by atoms with Gasteiger partial charge in [0.2, 0.25) is 0 Å². The number of anilines is 1. The van der Waals surface area contributed by atoms with Crippen LogP contribution in [0.15, 0.2) is 63.9 Å². The maximum Gasteiger partial charge on any atom is 0.289 e. The van der Waals surface area contributed by atoms with E-state index in [1.54, 1.807) is 36.4 Å². The lowest BCUT2D eigenvalue weighted by atomic mass is 10.1. The summed E-state index contributed by atoms with van der Waals surface area (Å²) in [7, 11) is -1.26. The molecule has 1 saturated heterocycles. The third-order valence-corrected chi connectivity index (χ3v) is 7.30. The van der Waals surface area contributed by atoms with E-state index in [1.807, 2.05) is 4.90 Å². The number of piperazine rings is 1. The van der Waals surface area contributed by atoms with Gasteiger partial charge in [-0.1, -0.05) is 23.7 Å². The summed E-state index contributed by atoms with van der Waals surface area (Å²) in [5.41, 5.74) is 3.79. The SMILES string of the molecule is Cc1cccc(N2CCN(C(=O)c3ccc(C[S@](=O)c4ccc(Cl)cc4)o3)CC2)c1C. The van der Waals surface area contributed by atoms with Crippen molar-refractivity contribution in [3.8, 4) is 0 Å². The molecule has 5 nitrogen and oxygen atoms in total. The predicted molar refractivity (Wildman–Crippen MR) is 124 cm³/mol. The molecule has 0 saturated carbocycles. The fourth-order valence-electron chi connectivity index (χ4n) is 3.75. The molecule has 31 heavy (non-hydrogen) atoms. The van der Waals surface area contributed by atoms with E-state index in [0.29, 0.717) is 34.5 Å². The summed E-state index contributed by atoms with van der Waals surface area (Å²) in [6.45, 7) is 7.10. The predicted octanol–water partition coefficient (Wildman–Crippen LogP) is 4.82. The molecule has 1 aliphatic heterocycles. The Morgan fingerprint density at radius 1 is 1.00 bits per heavy atom. The first-order chi connectivity index (χ1) is 14.9. The highest BCUT2D eigenvalue weighted by molar-refractivity contribution is 7.84. The van der Waals surface area contributed by atoms with Crippen LogP contribution in [0.3, 0.4) is 0 Å². The minimum atomic E-state index is -1.26. The van der Waals surface area contributed by atoms with Gasteiger partial charge in [-0.2, -0.15) is 0 Å². The maximum absolute atomic E-state index is 12.9. The Labute approximate surface area is 190 Å². The van der Waals surface area contributed by atoms with Crippen LogP contribution in [0.2, 0.25) is 5.02 Å². The van der Waals surface area contributed by atoms with Crippen LogP contribution in [0.25, 0.3) is 0 Å². The molecule has 0 aliphatic carbocycles. The Kier molecular flexibility index (Phi) is 6.49. The molecule has 7 heteroatoms. The van der Waals surface area contributed by atoms with Gasteiger partial charge in [-0.15, -0.1) is 0 Å². The van der Waals surface area contributed by atoms with E-state index in [0.717, 1.165) is 13.1 Å². The van der Waals surface area contributed by atoms with Gasteiger partial charge in [-0.3, -0.25) is 9.00 Å². The van der Waals surface area contributed by atoms with Crippen molar-refractivity contribution >= 4 is 34.0 Å². The minimum Gasteiger partial charge on any atom is -0.455 e. The molecule has 0 N–H and O–H groups in total. The smallest absolute Gasteiger partial charge is 0.289 e. The quantitative estimate of drug-likeness (QED) is 0.552. The maximum atomic E-state index is 12.9. The molecule has 1 amide bonds. The van der Waals surface area contributed by atoms with Crippen LogP contribution in [0.4, 0.5) is 5.69 Å². The third-order valence-electron chi connectivity index (χ3n) is 5.71. The summed E-state index contributed by atoms with van der Waals surface area (Å²) < 4.78 is 18.3. The van der Waals surface area contributed by atoms with Crippen molar-refractivity contribution in [2.45, 2.75) is 24.5 Å². The second-order valence-corrected chi connectivity index (χ2v) is 9.60. The van der Waals surface area contributed by atoms with E-state index in [-0.39, 0.29) is 11.7 Å². The zero-order valence-corrected chi connectivity index (χ0v) is 19.2. The summed E-state index contributed by atoms with van der Waals surface area (Å²) in [6, 6.07) is 16.6. The number of hydrogen-bond donors (Lipinski definition) is 0. The van der Waals surface area contributed by atoms with E-state index in [1.165, 1.54) is 16.8 Å². The molecule has 4 rings (SSSR count). The minimum absolute atomic E-state index is 0.121. The van der Waals surface area contributed by atoms with Crippen LogP contribution >= 0.6 is 11.6 Å². The van der Waals surface area contributed by atoms with Crippen molar-refractivity contribution in [1.82, 2.24) is 4.90 Å². The number of amides is 1. The molecule has 0 radical (unpaired) electrons. The molecular formula is C24H25ClN2O3S. The fraction of sp³-hybridized carbons (Fsp3) is 0.292. The molecule has 0 spiro atoms.